The van der Waals surface area contributed by atoms with Gasteiger partial charge in [0, 0.05) is 20.4 Å². The molecule has 0 saturated carbocycles. The van der Waals surface area contributed by atoms with Gasteiger partial charge in [0.1, 0.15) is 0 Å². The zero-order chi connectivity index (χ0) is 25.9. The summed E-state index contributed by atoms with van der Waals surface area (Å²) in [6.45, 7) is -0.0645. The van der Waals surface area contributed by atoms with Crippen LogP contribution >= 0.6 is 0 Å². The Balaban J connectivity index is 1.97. The zero-order valence-electron chi connectivity index (χ0n) is 18.8. The number of rotatable bonds is 3. The van der Waals surface area contributed by atoms with Gasteiger partial charge in [0.15, 0.2) is 9.84 Å². The molecule has 8 nitrogen and oxygen atoms in total. The number of amides is 3. The Morgan fingerprint density at radius 1 is 1.09 bits per heavy atom. The molecule has 2 aliphatic rings. The average molecular weight is 504 g/mol. The van der Waals surface area contributed by atoms with Gasteiger partial charge in [0.05, 0.1) is 51.6 Å². The minimum absolute atomic E-state index is 0.0645. The molecule has 0 bridgehead atoms. The van der Waals surface area contributed by atoms with E-state index in [0.717, 1.165) is 28.2 Å². The van der Waals surface area contributed by atoms with Crippen LogP contribution in [0.3, 0.4) is 0 Å². The number of hydrogen-bond acceptors (Lipinski definition) is 5. The number of urea groups is 1. The van der Waals surface area contributed by atoms with Crippen LogP contribution in [0.4, 0.5) is 23.7 Å². The van der Waals surface area contributed by atoms with Crippen LogP contribution in [0, 0.1) is 11.3 Å². The van der Waals surface area contributed by atoms with Gasteiger partial charge >= 0.3 is 12.2 Å². The number of likely N-dealkylation sites (N-methyl/N-ethyl adjacent to an activating group) is 2. The second-order valence-electron chi connectivity index (χ2n) is 8.34. The molecule has 0 unspecified atom stereocenters. The summed E-state index contributed by atoms with van der Waals surface area (Å²) in [5, 5.41) is 9.22. The second kappa shape index (κ2) is 8.13. The van der Waals surface area contributed by atoms with Crippen LogP contribution in [0.5, 0.6) is 0 Å². The lowest BCUT2D eigenvalue weighted by Crippen LogP contribution is -2.48. The summed E-state index contributed by atoms with van der Waals surface area (Å²) >= 11 is 0. The van der Waals surface area contributed by atoms with Crippen LogP contribution in [0.2, 0.25) is 0 Å². The van der Waals surface area contributed by atoms with Crippen molar-refractivity contribution in [2.45, 2.75) is 17.1 Å². The Morgan fingerprint density at radius 2 is 1.77 bits per heavy atom. The lowest BCUT2D eigenvalue weighted by Gasteiger charge is -2.40. The van der Waals surface area contributed by atoms with E-state index in [-0.39, 0.29) is 39.5 Å². The molecule has 0 aromatic heterocycles. The van der Waals surface area contributed by atoms with Crippen molar-refractivity contribution in [3.8, 4) is 6.07 Å². The summed E-state index contributed by atoms with van der Waals surface area (Å²) in [5.74, 6) is -0.495. The normalized spacial score (nSPS) is 18.8. The van der Waals surface area contributed by atoms with Gasteiger partial charge in [-0.1, -0.05) is 12.1 Å². The zero-order valence-corrected chi connectivity index (χ0v) is 19.6. The lowest BCUT2D eigenvalue weighted by molar-refractivity contribution is -0.137. The van der Waals surface area contributed by atoms with Gasteiger partial charge in [-0.3, -0.25) is 9.69 Å². The Morgan fingerprint density at radius 3 is 2.37 bits per heavy atom. The molecule has 0 saturated heterocycles. The van der Waals surface area contributed by atoms with Crippen molar-refractivity contribution in [3.63, 3.8) is 0 Å². The molecular formula is C23H19F3N4O4S. The largest absolute Gasteiger partial charge is 0.416 e. The van der Waals surface area contributed by atoms with Crippen LogP contribution in [-0.2, 0) is 20.8 Å². The maximum atomic E-state index is 13.5. The molecule has 1 atom stereocenters. The van der Waals surface area contributed by atoms with Gasteiger partial charge in [-0.15, -0.1) is 0 Å². The fourth-order valence-electron chi connectivity index (χ4n) is 4.36. The number of carbonyl (C=O) groups is 2. The summed E-state index contributed by atoms with van der Waals surface area (Å²) in [6, 6.07) is 8.12. The number of nitriles is 1. The molecule has 4 rings (SSSR count). The van der Waals surface area contributed by atoms with Crippen molar-refractivity contribution < 1.29 is 31.2 Å². The third-order valence-electron chi connectivity index (χ3n) is 5.97. The van der Waals surface area contributed by atoms with E-state index in [2.05, 4.69) is 0 Å². The molecule has 2 aromatic carbocycles. The van der Waals surface area contributed by atoms with Crippen molar-refractivity contribution >= 4 is 27.5 Å². The average Bonchev–Trinajstić information content (AvgIpc) is 3.07. The predicted molar refractivity (Wildman–Crippen MR) is 119 cm³/mol. The smallest absolute Gasteiger partial charge is 0.336 e. The standard InChI is InChI=1S/C23H19F3N4O4S/c1-28-12-17-19(21(28)31)20(16-8-7-13(11-27)9-18(16)35(3,33)34)29(2)22(32)30(17)15-6-4-5-14(10-15)23(24,25)26/h4-10,20H,12H2,1-3H3/t20-/m1/s1. The van der Waals surface area contributed by atoms with E-state index >= 15 is 0 Å². The van der Waals surface area contributed by atoms with E-state index in [1.54, 1.807) is 0 Å². The van der Waals surface area contributed by atoms with Gasteiger partial charge in [-0.2, -0.15) is 18.4 Å². The van der Waals surface area contributed by atoms with Gasteiger partial charge in [-0.05, 0) is 35.9 Å². The molecule has 12 heteroatoms. The number of anilines is 1. The molecule has 0 aliphatic carbocycles. The fourth-order valence-corrected chi connectivity index (χ4v) is 5.31. The Bertz CT molecular complexity index is 1440. The van der Waals surface area contributed by atoms with E-state index in [4.69, 9.17) is 0 Å². The highest BCUT2D eigenvalue weighted by Gasteiger charge is 2.48. The van der Waals surface area contributed by atoms with Crippen molar-refractivity contribution in [3.05, 3.63) is 70.4 Å². The maximum absolute atomic E-state index is 13.5. The number of halogens is 3. The lowest BCUT2D eigenvalue weighted by atomic mass is 9.93. The summed E-state index contributed by atoms with van der Waals surface area (Å²) in [7, 11) is -1.06. The topological polar surface area (TPSA) is 102 Å². The molecule has 0 fully saturated rings. The summed E-state index contributed by atoms with van der Waals surface area (Å²) in [5.41, 5.74) is -0.612. The molecule has 0 radical (unpaired) electrons. The number of carbonyl (C=O) groups excluding carboxylic acids is 2. The molecule has 2 aliphatic heterocycles. The van der Waals surface area contributed by atoms with Crippen molar-refractivity contribution in [1.29, 1.82) is 5.26 Å². The Labute approximate surface area is 199 Å². The van der Waals surface area contributed by atoms with E-state index in [9.17, 15) is 36.4 Å². The molecular weight excluding hydrogens is 485 g/mol. The highest BCUT2D eigenvalue weighted by molar-refractivity contribution is 7.90. The van der Waals surface area contributed by atoms with Crippen LogP contribution in [0.25, 0.3) is 0 Å². The maximum Gasteiger partial charge on any atom is 0.416 e. The number of benzene rings is 2. The van der Waals surface area contributed by atoms with Crippen LogP contribution in [0.1, 0.15) is 22.7 Å². The highest BCUT2D eigenvalue weighted by Crippen LogP contribution is 2.44. The molecule has 182 valence electrons. The number of hydrogen-bond donors (Lipinski definition) is 0. The van der Waals surface area contributed by atoms with Gasteiger partial charge in [-0.25, -0.2) is 13.2 Å². The van der Waals surface area contributed by atoms with E-state index < -0.39 is 39.6 Å². The first-order chi connectivity index (χ1) is 16.3. The van der Waals surface area contributed by atoms with Crippen molar-refractivity contribution in [2.75, 3.05) is 31.8 Å². The third kappa shape index (κ3) is 4.01. The third-order valence-corrected chi connectivity index (χ3v) is 7.12. The van der Waals surface area contributed by atoms with Crippen molar-refractivity contribution in [2.24, 2.45) is 0 Å². The van der Waals surface area contributed by atoms with Crippen LogP contribution < -0.4 is 4.90 Å². The number of nitrogens with zero attached hydrogens (tertiary/aromatic N) is 4. The van der Waals surface area contributed by atoms with Gasteiger partial charge < -0.3 is 9.80 Å². The fraction of sp³-hybridized carbons (Fsp3) is 0.261. The summed E-state index contributed by atoms with van der Waals surface area (Å²) in [4.78, 5) is 29.9. The van der Waals surface area contributed by atoms with E-state index in [0.29, 0.717) is 0 Å². The monoisotopic (exact) mass is 504 g/mol. The summed E-state index contributed by atoms with van der Waals surface area (Å²) in [6.07, 6.45) is -3.69. The predicted octanol–water partition coefficient (Wildman–Crippen LogP) is 3.32. The Hall–Kier alpha value is -3.85. The first kappa shape index (κ1) is 24.3. The molecule has 2 heterocycles. The second-order valence-corrected chi connectivity index (χ2v) is 10.3. The molecule has 2 aromatic rings. The van der Waals surface area contributed by atoms with Gasteiger partial charge in [0.2, 0.25) is 0 Å². The summed E-state index contributed by atoms with van der Waals surface area (Å²) < 4.78 is 65.1. The molecule has 0 N–H and O–H groups in total. The first-order valence-corrected chi connectivity index (χ1v) is 12.1. The first-order valence-electron chi connectivity index (χ1n) is 10.2. The van der Waals surface area contributed by atoms with E-state index in [1.807, 2.05) is 6.07 Å². The SMILES string of the molecule is CN1CC2=C(C1=O)[C@@H](c1ccc(C#N)cc1S(C)(=O)=O)N(C)C(=O)N2c1cccc(C(F)(F)F)c1. The molecule has 0 spiro atoms. The minimum atomic E-state index is -4.64. The molecule has 3 amide bonds. The van der Waals surface area contributed by atoms with Crippen LogP contribution in [-0.4, -0.2) is 57.1 Å². The minimum Gasteiger partial charge on any atom is -0.336 e. The highest BCUT2D eigenvalue weighted by atomic mass is 32.2. The number of sulfone groups is 1. The number of alkyl halides is 3. The quantitative estimate of drug-likeness (QED) is 0.638. The molecule has 35 heavy (non-hydrogen) atoms. The van der Waals surface area contributed by atoms with Crippen LogP contribution in [0.15, 0.2) is 58.6 Å². The van der Waals surface area contributed by atoms with Gasteiger partial charge in [0.25, 0.3) is 5.91 Å². The van der Waals surface area contributed by atoms with E-state index in [1.165, 1.54) is 49.3 Å². The Kier molecular flexibility index (Phi) is 5.64. The van der Waals surface area contributed by atoms with Crippen molar-refractivity contribution in [1.82, 2.24) is 9.80 Å².